The predicted molar refractivity (Wildman–Crippen MR) is 96.0 cm³/mol. The van der Waals surface area contributed by atoms with Crippen molar-refractivity contribution in [3.05, 3.63) is 77.1 Å². The van der Waals surface area contributed by atoms with Gasteiger partial charge in [0.05, 0.1) is 5.56 Å². The first-order valence-corrected chi connectivity index (χ1v) is 8.17. The van der Waals surface area contributed by atoms with Gasteiger partial charge in [0, 0.05) is 6.20 Å². The third-order valence-corrected chi connectivity index (χ3v) is 4.15. The molecule has 0 unspecified atom stereocenters. The number of para-hydroxylation sites is 1. The van der Waals surface area contributed by atoms with Gasteiger partial charge >= 0.3 is 12.0 Å². The molecule has 8 nitrogen and oxygen atoms in total. The van der Waals surface area contributed by atoms with E-state index in [1.54, 1.807) is 24.3 Å². The number of hydrogen-bond acceptors (Lipinski definition) is 6. The van der Waals surface area contributed by atoms with E-state index in [9.17, 15) is 24.3 Å². The minimum Gasteiger partial charge on any atom is -0.508 e. The number of ketones is 1. The van der Waals surface area contributed by atoms with Gasteiger partial charge in [0.2, 0.25) is 5.78 Å². The number of amides is 3. The monoisotopic (exact) mass is 376 g/mol. The van der Waals surface area contributed by atoms with Crippen LogP contribution in [0.5, 0.6) is 11.5 Å². The predicted octanol–water partition coefficient (Wildman–Crippen LogP) is 1.97. The molecule has 138 valence electrons. The molecule has 0 aliphatic carbocycles. The fourth-order valence-corrected chi connectivity index (χ4v) is 2.82. The van der Waals surface area contributed by atoms with Gasteiger partial charge in [0.1, 0.15) is 22.8 Å². The number of benzene rings is 2. The van der Waals surface area contributed by atoms with E-state index < -0.39 is 29.3 Å². The molecule has 0 atom stereocenters. The number of ether oxygens (including phenoxy) is 1. The van der Waals surface area contributed by atoms with Crippen LogP contribution in [0, 0.1) is 0 Å². The molecule has 0 bridgehead atoms. The maximum Gasteiger partial charge on any atom is 0.349 e. The van der Waals surface area contributed by atoms with Crippen molar-refractivity contribution < 1.29 is 29.0 Å². The van der Waals surface area contributed by atoms with Gasteiger partial charge in [0.15, 0.2) is 0 Å². The summed E-state index contributed by atoms with van der Waals surface area (Å²) in [6, 6.07) is 11.5. The summed E-state index contributed by atoms with van der Waals surface area (Å²) in [7, 11) is 0. The van der Waals surface area contributed by atoms with Gasteiger partial charge in [-0.05, 0) is 35.9 Å². The molecule has 2 aliphatic heterocycles. The van der Waals surface area contributed by atoms with Gasteiger partial charge < -0.3 is 15.2 Å². The first kappa shape index (κ1) is 17.2. The number of imide groups is 1. The number of hydrogen-bond donors (Lipinski definition) is 2. The third kappa shape index (κ3) is 2.92. The average Bonchev–Trinajstić information content (AvgIpc) is 2.92. The zero-order valence-electron chi connectivity index (χ0n) is 14.2. The fourth-order valence-electron chi connectivity index (χ4n) is 2.82. The summed E-state index contributed by atoms with van der Waals surface area (Å²) in [4.78, 5) is 50.1. The van der Waals surface area contributed by atoms with Crippen molar-refractivity contribution in [2.24, 2.45) is 0 Å². The first-order chi connectivity index (χ1) is 13.4. The molecule has 0 aromatic heterocycles. The van der Waals surface area contributed by atoms with Crippen molar-refractivity contribution in [3.8, 4) is 11.5 Å². The number of aromatic hydroxyl groups is 1. The van der Waals surface area contributed by atoms with Crippen LogP contribution in [0.25, 0.3) is 6.08 Å². The number of carbonyl (C=O) groups is 4. The molecule has 28 heavy (non-hydrogen) atoms. The molecule has 8 heteroatoms. The zero-order chi connectivity index (χ0) is 19.8. The number of urea groups is 1. The van der Waals surface area contributed by atoms with E-state index in [0.29, 0.717) is 10.5 Å². The third-order valence-electron chi connectivity index (χ3n) is 4.15. The molecule has 4 rings (SSSR count). The lowest BCUT2D eigenvalue weighted by Gasteiger charge is -2.17. The van der Waals surface area contributed by atoms with Gasteiger partial charge in [-0.3, -0.25) is 9.59 Å². The first-order valence-electron chi connectivity index (χ1n) is 8.17. The van der Waals surface area contributed by atoms with E-state index in [0.717, 1.165) is 6.20 Å². The molecule has 1 fully saturated rings. The number of phenols is 1. The summed E-state index contributed by atoms with van der Waals surface area (Å²) in [5.74, 6) is -2.22. The van der Waals surface area contributed by atoms with E-state index in [1.165, 1.54) is 30.3 Å². The van der Waals surface area contributed by atoms with Crippen LogP contribution in [0.4, 0.5) is 4.79 Å². The van der Waals surface area contributed by atoms with Crippen LogP contribution < -0.4 is 10.1 Å². The molecule has 0 radical (unpaired) electrons. The number of esters is 1. The second-order valence-electron chi connectivity index (χ2n) is 6.02. The molecule has 2 aliphatic rings. The van der Waals surface area contributed by atoms with E-state index in [2.05, 4.69) is 5.32 Å². The number of nitrogens with one attached hydrogen (secondary N) is 1. The second kappa shape index (κ2) is 6.51. The number of phenolic OH excluding ortho intramolecular Hbond substituents is 1. The van der Waals surface area contributed by atoms with E-state index in [1.807, 2.05) is 0 Å². The largest absolute Gasteiger partial charge is 0.508 e. The Bertz CT molecular complexity index is 1120. The number of carbonyl (C=O) groups excluding carboxylic acids is 4. The van der Waals surface area contributed by atoms with Crippen LogP contribution in [-0.4, -0.2) is 33.7 Å². The number of rotatable bonds is 2. The van der Waals surface area contributed by atoms with Gasteiger partial charge in [-0.25, -0.2) is 14.5 Å². The van der Waals surface area contributed by atoms with Gasteiger partial charge in [0.25, 0.3) is 5.91 Å². The molecule has 1 saturated heterocycles. The molecular formula is C20H12N2O6. The summed E-state index contributed by atoms with van der Waals surface area (Å²) in [5.41, 5.74) is 0.154. The smallest absolute Gasteiger partial charge is 0.349 e. The molecule has 2 heterocycles. The summed E-state index contributed by atoms with van der Waals surface area (Å²) in [6.07, 6.45) is 2.25. The summed E-state index contributed by atoms with van der Waals surface area (Å²) >= 11 is 0. The average molecular weight is 376 g/mol. The Kier molecular flexibility index (Phi) is 4.00. The van der Waals surface area contributed by atoms with Crippen LogP contribution in [-0.2, 0) is 9.59 Å². The van der Waals surface area contributed by atoms with Gasteiger partial charge in [-0.1, -0.05) is 24.3 Å². The van der Waals surface area contributed by atoms with Gasteiger partial charge in [-0.15, -0.1) is 0 Å². The van der Waals surface area contributed by atoms with Crippen LogP contribution >= 0.6 is 0 Å². The Labute approximate surface area is 158 Å². The molecule has 2 N–H and O–H groups in total. The molecule has 0 saturated carbocycles. The highest BCUT2D eigenvalue weighted by Gasteiger charge is 2.37. The lowest BCUT2D eigenvalue weighted by molar-refractivity contribution is -0.130. The van der Waals surface area contributed by atoms with Crippen LogP contribution in [0.3, 0.4) is 0 Å². The highest BCUT2D eigenvalue weighted by molar-refractivity contribution is 6.28. The fraction of sp³-hybridized carbons (Fsp3) is 0. The minimum absolute atomic E-state index is 0.000639. The maximum absolute atomic E-state index is 12.6. The molecule has 2 aromatic rings. The van der Waals surface area contributed by atoms with E-state index in [4.69, 9.17) is 4.74 Å². The number of Topliss-reactive ketones (excluding diaryl/α,β-unsaturated/α-hetero) is 1. The molecule has 0 spiro atoms. The number of fused-ring (bicyclic) bond motifs is 1. The van der Waals surface area contributed by atoms with Gasteiger partial charge in [-0.2, -0.15) is 0 Å². The van der Waals surface area contributed by atoms with Crippen LogP contribution in [0.1, 0.15) is 15.9 Å². The Morgan fingerprint density at radius 1 is 1.00 bits per heavy atom. The summed E-state index contributed by atoms with van der Waals surface area (Å²) < 4.78 is 5.09. The van der Waals surface area contributed by atoms with Crippen molar-refractivity contribution >= 4 is 29.8 Å². The zero-order valence-corrected chi connectivity index (χ0v) is 14.2. The molecular weight excluding hydrogens is 364 g/mol. The highest BCUT2D eigenvalue weighted by Crippen LogP contribution is 2.28. The number of nitrogens with zero attached hydrogens (tertiary/aromatic N) is 1. The standard InChI is InChI=1S/C20H12N2O6/c23-12-5-3-4-11(8-12)9-15-18(25)22(20(27)21-15)10-14-17(24)13-6-1-2-7-16(13)28-19(14)26/h1-10,23H,(H,21,27)/b14-10-,15-9?. The van der Waals surface area contributed by atoms with Crippen LogP contribution in [0.2, 0.25) is 0 Å². The minimum atomic E-state index is -0.949. The summed E-state index contributed by atoms with van der Waals surface area (Å²) in [5, 5.41) is 11.9. The van der Waals surface area contributed by atoms with Crippen molar-refractivity contribution in [1.29, 1.82) is 0 Å². The lowest BCUT2D eigenvalue weighted by atomic mass is 10.0. The van der Waals surface area contributed by atoms with Crippen molar-refractivity contribution in [3.63, 3.8) is 0 Å². The maximum atomic E-state index is 12.6. The Morgan fingerprint density at radius 2 is 1.79 bits per heavy atom. The Hall–Kier alpha value is -4.20. The van der Waals surface area contributed by atoms with Crippen molar-refractivity contribution in [1.82, 2.24) is 10.2 Å². The second-order valence-corrected chi connectivity index (χ2v) is 6.02. The SMILES string of the molecule is O=C1Oc2ccccc2C(=O)/C1=C/N1C(=O)NC(=Cc2cccc(O)c2)C1=O. The van der Waals surface area contributed by atoms with E-state index in [-0.39, 0.29) is 22.8 Å². The lowest BCUT2D eigenvalue weighted by Crippen LogP contribution is -2.31. The Morgan fingerprint density at radius 3 is 2.57 bits per heavy atom. The Balaban J connectivity index is 1.67. The van der Waals surface area contributed by atoms with E-state index >= 15 is 0 Å². The van der Waals surface area contributed by atoms with Crippen LogP contribution in [0.15, 0.2) is 66.0 Å². The normalized spacial score (nSPS) is 19.1. The van der Waals surface area contributed by atoms with Crippen molar-refractivity contribution in [2.75, 3.05) is 0 Å². The van der Waals surface area contributed by atoms with Crippen molar-refractivity contribution in [2.45, 2.75) is 0 Å². The summed E-state index contributed by atoms with van der Waals surface area (Å²) in [6.45, 7) is 0. The molecule has 2 aromatic carbocycles. The topological polar surface area (TPSA) is 113 Å². The highest BCUT2D eigenvalue weighted by atomic mass is 16.5. The molecule has 3 amide bonds. The quantitative estimate of drug-likeness (QED) is 0.272.